The number of guanidine groups is 1. The van der Waals surface area contributed by atoms with Crippen LogP contribution in [0.2, 0.25) is 0 Å². The Labute approximate surface area is 186 Å². The van der Waals surface area contributed by atoms with Crippen LogP contribution >= 0.6 is 24.0 Å². The van der Waals surface area contributed by atoms with E-state index in [-0.39, 0.29) is 24.0 Å². The third-order valence-electron chi connectivity index (χ3n) is 5.60. The predicted octanol–water partition coefficient (Wildman–Crippen LogP) is 1.89. The number of nitrogens with zero attached hydrogens (tertiary/aromatic N) is 5. The van der Waals surface area contributed by atoms with Crippen LogP contribution in [0.5, 0.6) is 0 Å². The van der Waals surface area contributed by atoms with E-state index in [9.17, 15) is 0 Å². The van der Waals surface area contributed by atoms with Crippen LogP contribution in [0.25, 0.3) is 0 Å². The van der Waals surface area contributed by atoms with Gasteiger partial charge >= 0.3 is 0 Å². The average Bonchev–Trinajstić information content (AvgIpc) is 3.18. The second-order valence-corrected chi connectivity index (χ2v) is 7.40. The van der Waals surface area contributed by atoms with Gasteiger partial charge in [0, 0.05) is 72.1 Å². The third kappa shape index (κ3) is 6.18. The SMILES string of the molecule is CCN1CCN(c2ccc(CNC(=NC)N3CCC(COC)C3)cn2)CC1.I. The Kier molecular flexibility index (Phi) is 9.73. The zero-order chi connectivity index (χ0) is 19.1. The summed E-state index contributed by atoms with van der Waals surface area (Å²) in [5, 5.41) is 3.48. The summed E-state index contributed by atoms with van der Waals surface area (Å²) in [5.74, 6) is 2.65. The molecule has 2 aliphatic heterocycles. The normalized spacial score (nSPS) is 21.0. The molecular formula is C20H35IN6O. The molecule has 8 heteroatoms. The van der Waals surface area contributed by atoms with Crippen molar-refractivity contribution in [2.24, 2.45) is 10.9 Å². The Morgan fingerprint density at radius 3 is 2.64 bits per heavy atom. The molecule has 1 atom stereocenters. The summed E-state index contributed by atoms with van der Waals surface area (Å²) >= 11 is 0. The van der Waals surface area contributed by atoms with E-state index in [1.54, 1.807) is 7.11 Å². The lowest BCUT2D eigenvalue weighted by Gasteiger charge is -2.34. The molecule has 0 amide bonds. The molecule has 0 aliphatic carbocycles. The number of hydrogen-bond donors (Lipinski definition) is 1. The number of hydrogen-bond acceptors (Lipinski definition) is 5. The topological polar surface area (TPSA) is 56.2 Å². The van der Waals surface area contributed by atoms with Crippen LogP contribution in [0.4, 0.5) is 5.82 Å². The minimum Gasteiger partial charge on any atom is -0.384 e. The molecule has 3 rings (SSSR count). The van der Waals surface area contributed by atoms with E-state index in [4.69, 9.17) is 4.74 Å². The lowest BCUT2D eigenvalue weighted by atomic mass is 10.1. The van der Waals surface area contributed by atoms with Crippen LogP contribution in [0.1, 0.15) is 18.9 Å². The van der Waals surface area contributed by atoms with E-state index in [0.717, 1.165) is 77.2 Å². The molecule has 1 aromatic heterocycles. The van der Waals surface area contributed by atoms with Gasteiger partial charge in [0.25, 0.3) is 0 Å². The largest absolute Gasteiger partial charge is 0.384 e. The summed E-state index contributed by atoms with van der Waals surface area (Å²) in [6.45, 7) is 11.3. The Hall–Kier alpha value is -1.13. The summed E-state index contributed by atoms with van der Waals surface area (Å²) in [4.78, 5) is 16.3. The van der Waals surface area contributed by atoms with Crippen molar-refractivity contribution in [1.82, 2.24) is 20.1 Å². The lowest BCUT2D eigenvalue weighted by molar-refractivity contribution is 0.157. The monoisotopic (exact) mass is 502 g/mol. The van der Waals surface area contributed by atoms with Crippen molar-refractivity contribution < 1.29 is 4.74 Å². The van der Waals surface area contributed by atoms with Crippen molar-refractivity contribution in [3.05, 3.63) is 23.9 Å². The number of ether oxygens (including phenoxy) is 1. The van der Waals surface area contributed by atoms with Crippen molar-refractivity contribution in [2.45, 2.75) is 19.9 Å². The molecule has 0 spiro atoms. The highest BCUT2D eigenvalue weighted by atomic mass is 127. The summed E-state index contributed by atoms with van der Waals surface area (Å²) in [6.07, 6.45) is 3.15. The van der Waals surface area contributed by atoms with Crippen LogP contribution < -0.4 is 10.2 Å². The van der Waals surface area contributed by atoms with E-state index in [1.807, 2.05) is 13.2 Å². The predicted molar refractivity (Wildman–Crippen MR) is 126 cm³/mol. The Morgan fingerprint density at radius 2 is 2.04 bits per heavy atom. The van der Waals surface area contributed by atoms with E-state index in [2.05, 4.69) is 49.0 Å². The van der Waals surface area contributed by atoms with Crippen molar-refractivity contribution in [3.8, 4) is 0 Å². The van der Waals surface area contributed by atoms with Crippen LogP contribution in [-0.2, 0) is 11.3 Å². The van der Waals surface area contributed by atoms with Gasteiger partial charge in [0.2, 0.25) is 0 Å². The molecule has 2 aliphatic rings. The van der Waals surface area contributed by atoms with Crippen LogP contribution in [0, 0.1) is 5.92 Å². The number of likely N-dealkylation sites (tertiary alicyclic amines) is 1. The Balaban J connectivity index is 0.00000280. The molecule has 2 fully saturated rings. The first-order chi connectivity index (χ1) is 13.2. The average molecular weight is 502 g/mol. The van der Waals surface area contributed by atoms with E-state index >= 15 is 0 Å². The van der Waals surface area contributed by atoms with Crippen LogP contribution in [0.3, 0.4) is 0 Å². The summed E-state index contributed by atoms with van der Waals surface area (Å²) in [7, 11) is 3.62. The van der Waals surface area contributed by atoms with Gasteiger partial charge in [0.05, 0.1) is 6.61 Å². The number of piperazine rings is 1. The number of aromatic nitrogens is 1. The molecule has 0 radical (unpaired) electrons. The highest BCUT2D eigenvalue weighted by molar-refractivity contribution is 14.0. The minimum atomic E-state index is 0. The molecule has 0 bridgehead atoms. The van der Waals surface area contributed by atoms with Crippen molar-refractivity contribution >= 4 is 35.8 Å². The van der Waals surface area contributed by atoms with Crippen molar-refractivity contribution in [2.75, 3.05) is 71.5 Å². The summed E-state index contributed by atoms with van der Waals surface area (Å²) in [5.41, 5.74) is 1.18. The first kappa shape index (κ1) is 23.2. The van der Waals surface area contributed by atoms with Gasteiger partial charge < -0.3 is 24.8 Å². The van der Waals surface area contributed by atoms with Gasteiger partial charge in [-0.2, -0.15) is 0 Å². The molecule has 7 nitrogen and oxygen atoms in total. The smallest absolute Gasteiger partial charge is 0.193 e. The second kappa shape index (κ2) is 11.8. The molecule has 158 valence electrons. The maximum Gasteiger partial charge on any atom is 0.193 e. The Bertz CT molecular complexity index is 603. The highest BCUT2D eigenvalue weighted by Gasteiger charge is 2.24. The number of rotatable bonds is 6. The van der Waals surface area contributed by atoms with Crippen LogP contribution in [0.15, 0.2) is 23.3 Å². The molecule has 0 saturated carbocycles. The van der Waals surface area contributed by atoms with Gasteiger partial charge in [-0.1, -0.05) is 13.0 Å². The fourth-order valence-corrected chi connectivity index (χ4v) is 3.91. The minimum absolute atomic E-state index is 0. The maximum absolute atomic E-state index is 5.29. The number of aliphatic imine (C=N–C) groups is 1. The number of nitrogens with one attached hydrogen (secondary N) is 1. The standard InChI is InChI=1S/C20H34N6O.HI/c1-4-24-9-11-25(12-10-24)19-6-5-17(13-22-19)14-23-20(21-2)26-8-7-18(15-26)16-27-3;/h5-6,13,18H,4,7-12,14-16H2,1-3H3,(H,21,23);1H. The summed E-state index contributed by atoms with van der Waals surface area (Å²) in [6, 6.07) is 4.32. The quantitative estimate of drug-likeness (QED) is 0.365. The second-order valence-electron chi connectivity index (χ2n) is 7.40. The molecule has 28 heavy (non-hydrogen) atoms. The molecule has 1 unspecified atom stereocenters. The first-order valence-corrected chi connectivity index (χ1v) is 10.1. The van der Waals surface area contributed by atoms with Gasteiger partial charge in [0.1, 0.15) is 5.82 Å². The number of likely N-dealkylation sites (N-methyl/N-ethyl adjacent to an activating group) is 1. The Morgan fingerprint density at radius 1 is 1.25 bits per heavy atom. The zero-order valence-electron chi connectivity index (χ0n) is 17.4. The number of halogens is 1. The molecule has 0 aromatic carbocycles. The van der Waals surface area contributed by atoms with Gasteiger partial charge in [-0.05, 0) is 24.6 Å². The van der Waals surface area contributed by atoms with E-state index < -0.39 is 0 Å². The number of methoxy groups -OCH3 is 1. The van der Waals surface area contributed by atoms with E-state index in [0.29, 0.717) is 5.92 Å². The van der Waals surface area contributed by atoms with Gasteiger partial charge in [-0.25, -0.2) is 4.98 Å². The third-order valence-corrected chi connectivity index (χ3v) is 5.60. The van der Waals surface area contributed by atoms with Crippen LogP contribution in [-0.4, -0.2) is 87.3 Å². The molecular weight excluding hydrogens is 467 g/mol. The van der Waals surface area contributed by atoms with Gasteiger partial charge in [0.15, 0.2) is 5.96 Å². The van der Waals surface area contributed by atoms with Gasteiger partial charge in [-0.15, -0.1) is 24.0 Å². The number of anilines is 1. The van der Waals surface area contributed by atoms with Crippen molar-refractivity contribution in [3.63, 3.8) is 0 Å². The zero-order valence-corrected chi connectivity index (χ0v) is 19.8. The summed E-state index contributed by atoms with van der Waals surface area (Å²) < 4.78 is 5.29. The fourth-order valence-electron chi connectivity index (χ4n) is 3.91. The first-order valence-electron chi connectivity index (χ1n) is 10.1. The number of pyridine rings is 1. The fraction of sp³-hybridized carbons (Fsp3) is 0.700. The van der Waals surface area contributed by atoms with Crippen molar-refractivity contribution in [1.29, 1.82) is 0 Å². The lowest BCUT2D eigenvalue weighted by Crippen LogP contribution is -2.46. The highest BCUT2D eigenvalue weighted by Crippen LogP contribution is 2.17. The maximum atomic E-state index is 5.29. The van der Waals surface area contributed by atoms with Gasteiger partial charge in [-0.3, -0.25) is 4.99 Å². The van der Waals surface area contributed by atoms with E-state index in [1.165, 1.54) is 5.56 Å². The molecule has 1 N–H and O–H groups in total. The molecule has 3 heterocycles. The molecule has 2 saturated heterocycles. The molecule has 1 aromatic rings.